The zero-order chi connectivity index (χ0) is 10.6. The highest BCUT2D eigenvalue weighted by atomic mass is 19.3. The topological polar surface area (TPSA) is 68.0 Å². The molecule has 76 valence electrons. The number of hydrogen-bond donors (Lipinski definition) is 1. The lowest BCUT2D eigenvalue weighted by molar-refractivity contribution is -0.143. The number of alkyl halides is 2. The Morgan fingerprint density at radius 2 is 2.29 bits per heavy atom. The van der Waals surface area contributed by atoms with E-state index >= 15 is 0 Å². The summed E-state index contributed by atoms with van der Waals surface area (Å²) in [6, 6.07) is 0. The number of carboxylic acids is 1. The first-order valence-electron chi connectivity index (χ1n) is 3.88. The number of nitrogens with zero attached hydrogens (tertiary/aromatic N) is 3. The highest BCUT2D eigenvalue weighted by molar-refractivity contribution is 5.87. The largest absolute Gasteiger partial charge is 0.480 e. The number of aromatic nitrogens is 3. The van der Waals surface area contributed by atoms with Gasteiger partial charge in [-0.3, -0.25) is 9.48 Å². The third-order valence-corrected chi connectivity index (χ3v) is 2.50. The highest BCUT2D eigenvalue weighted by Gasteiger charge is 2.78. The van der Waals surface area contributed by atoms with Crippen molar-refractivity contribution in [2.75, 3.05) is 0 Å². The summed E-state index contributed by atoms with van der Waals surface area (Å²) in [7, 11) is 1.39. The summed E-state index contributed by atoms with van der Waals surface area (Å²) in [5.41, 5.74) is -2.18. The molecule has 0 amide bonds. The molecule has 0 saturated heterocycles. The van der Waals surface area contributed by atoms with E-state index < -0.39 is 23.7 Å². The highest BCUT2D eigenvalue weighted by Crippen LogP contribution is 2.61. The number of aryl methyl sites for hydroxylation is 1. The van der Waals surface area contributed by atoms with E-state index in [1.54, 1.807) is 0 Å². The Hall–Kier alpha value is -1.53. The smallest absolute Gasteiger partial charge is 0.322 e. The van der Waals surface area contributed by atoms with Gasteiger partial charge in [0.1, 0.15) is 0 Å². The van der Waals surface area contributed by atoms with Gasteiger partial charge in [-0.2, -0.15) is 0 Å². The lowest BCUT2D eigenvalue weighted by atomic mass is 10.0. The van der Waals surface area contributed by atoms with Crippen molar-refractivity contribution < 1.29 is 18.7 Å². The maximum absolute atomic E-state index is 13.0. The van der Waals surface area contributed by atoms with Crippen LogP contribution in [0.2, 0.25) is 0 Å². The van der Waals surface area contributed by atoms with E-state index in [9.17, 15) is 13.6 Å². The Balaban J connectivity index is 2.52. The molecular weight excluding hydrogens is 196 g/mol. The van der Waals surface area contributed by atoms with E-state index in [0.29, 0.717) is 0 Å². The molecule has 1 saturated carbocycles. The molecule has 1 aromatic heterocycles. The first-order chi connectivity index (χ1) is 6.42. The molecule has 1 fully saturated rings. The number of halogens is 2. The fourth-order valence-corrected chi connectivity index (χ4v) is 1.58. The molecule has 0 aliphatic heterocycles. The number of hydrogen-bond acceptors (Lipinski definition) is 3. The molecule has 2 rings (SSSR count). The third kappa shape index (κ3) is 0.838. The second-order valence-corrected chi connectivity index (χ2v) is 3.33. The minimum absolute atomic E-state index is 0.0602. The quantitative estimate of drug-likeness (QED) is 0.744. The Bertz CT molecular complexity index is 403. The SMILES string of the molecule is Cn1nncc1C1(C(=O)O)CC1(F)F. The van der Waals surface area contributed by atoms with Crippen LogP contribution in [0.3, 0.4) is 0 Å². The molecule has 14 heavy (non-hydrogen) atoms. The van der Waals surface area contributed by atoms with Crippen LogP contribution in [0.4, 0.5) is 8.78 Å². The van der Waals surface area contributed by atoms with Crippen LogP contribution < -0.4 is 0 Å². The normalized spacial score (nSPS) is 28.8. The van der Waals surface area contributed by atoms with Gasteiger partial charge in [0.25, 0.3) is 5.92 Å². The Morgan fingerprint density at radius 3 is 2.57 bits per heavy atom. The van der Waals surface area contributed by atoms with E-state index in [4.69, 9.17) is 5.11 Å². The van der Waals surface area contributed by atoms with Crippen molar-refractivity contribution in [2.45, 2.75) is 17.8 Å². The fourth-order valence-electron chi connectivity index (χ4n) is 1.58. The van der Waals surface area contributed by atoms with Gasteiger partial charge in [0.15, 0.2) is 5.41 Å². The Morgan fingerprint density at radius 1 is 1.71 bits per heavy atom. The summed E-state index contributed by atoms with van der Waals surface area (Å²) in [5.74, 6) is -4.73. The van der Waals surface area contributed by atoms with Crippen LogP contribution in [0.1, 0.15) is 12.1 Å². The van der Waals surface area contributed by atoms with Gasteiger partial charge < -0.3 is 5.11 Å². The van der Waals surface area contributed by atoms with Crippen molar-refractivity contribution >= 4 is 5.97 Å². The molecular formula is C7H7F2N3O2. The number of aliphatic carboxylic acids is 1. The van der Waals surface area contributed by atoms with Crippen LogP contribution in [0.15, 0.2) is 6.20 Å². The molecule has 1 heterocycles. The second kappa shape index (κ2) is 2.28. The summed E-state index contributed by atoms with van der Waals surface area (Å²) in [5, 5.41) is 15.6. The maximum atomic E-state index is 13.0. The molecule has 0 aromatic carbocycles. The molecule has 1 aromatic rings. The van der Waals surface area contributed by atoms with Crippen LogP contribution in [0.5, 0.6) is 0 Å². The average Bonchev–Trinajstić information content (AvgIpc) is 2.44. The summed E-state index contributed by atoms with van der Waals surface area (Å²) < 4.78 is 27.1. The average molecular weight is 203 g/mol. The van der Waals surface area contributed by atoms with Gasteiger partial charge in [0, 0.05) is 13.5 Å². The molecule has 1 aliphatic rings. The first-order valence-corrected chi connectivity index (χ1v) is 3.88. The minimum atomic E-state index is -3.20. The van der Waals surface area contributed by atoms with Crippen LogP contribution >= 0.6 is 0 Å². The molecule has 0 radical (unpaired) electrons. The third-order valence-electron chi connectivity index (χ3n) is 2.50. The number of carboxylic acid groups (broad SMARTS) is 1. The zero-order valence-corrected chi connectivity index (χ0v) is 7.24. The van der Waals surface area contributed by atoms with Gasteiger partial charge in [-0.05, 0) is 0 Å². The van der Waals surface area contributed by atoms with Crippen LogP contribution in [-0.4, -0.2) is 32.0 Å². The van der Waals surface area contributed by atoms with Gasteiger partial charge in [-0.25, -0.2) is 8.78 Å². The molecule has 1 aliphatic carbocycles. The van der Waals surface area contributed by atoms with Crippen molar-refractivity contribution in [3.05, 3.63) is 11.9 Å². The molecule has 0 bridgehead atoms. The van der Waals surface area contributed by atoms with Gasteiger partial charge in [0.05, 0.1) is 11.9 Å². The van der Waals surface area contributed by atoms with Crippen molar-refractivity contribution in [3.63, 3.8) is 0 Å². The van der Waals surface area contributed by atoms with E-state index in [0.717, 1.165) is 10.9 Å². The Labute approximate surface area is 77.3 Å². The van der Waals surface area contributed by atoms with Crippen LogP contribution in [0, 0.1) is 0 Å². The maximum Gasteiger partial charge on any atom is 0.322 e. The standard InChI is InChI=1S/C7H7F2N3O2/c1-12-4(2-10-11-12)6(5(13)14)3-7(6,8)9/h2H,3H2,1H3,(H,13,14). The second-order valence-electron chi connectivity index (χ2n) is 3.33. The molecule has 1 N–H and O–H groups in total. The van der Waals surface area contributed by atoms with Crippen molar-refractivity contribution in [2.24, 2.45) is 7.05 Å². The van der Waals surface area contributed by atoms with Gasteiger partial charge >= 0.3 is 5.97 Å². The van der Waals surface area contributed by atoms with Crippen LogP contribution in [0.25, 0.3) is 0 Å². The fraction of sp³-hybridized carbons (Fsp3) is 0.571. The Kier molecular flexibility index (Phi) is 1.47. The number of rotatable bonds is 2. The molecule has 0 spiro atoms. The van der Waals surface area contributed by atoms with E-state index in [1.807, 2.05) is 0 Å². The lowest BCUT2D eigenvalue weighted by Crippen LogP contribution is -2.29. The van der Waals surface area contributed by atoms with E-state index in [-0.39, 0.29) is 5.69 Å². The monoisotopic (exact) mass is 203 g/mol. The summed E-state index contributed by atoms with van der Waals surface area (Å²) in [6.45, 7) is 0. The van der Waals surface area contributed by atoms with E-state index in [1.165, 1.54) is 7.05 Å². The molecule has 1 atom stereocenters. The van der Waals surface area contributed by atoms with Crippen molar-refractivity contribution in [1.29, 1.82) is 0 Å². The van der Waals surface area contributed by atoms with Gasteiger partial charge in [-0.1, -0.05) is 5.21 Å². The lowest BCUT2D eigenvalue weighted by Gasteiger charge is -2.09. The summed E-state index contributed by atoms with van der Waals surface area (Å²) in [6.07, 6.45) is 0.381. The van der Waals surface area contributed by atoms with E-state index in [2.05, 4.69) is 10.3 Å². The predicted octanol–water partition coefficient (Wildman–Crippen LogP) is 0.176. The molecule has 5 nitrogen and oxygen atoms in total. The zero-order valence-electron chi connectivity index (χ0n) is 7.24. The minimum Gasteiger partial charge on any atom is -0.480 e. The van der Waals surface area contributed by atoms with Crippen molar-refractivity contribution in [1.82, 2.24) is 15.0 Å². The van der Waals surface area contributed by atoms with Gasteiger partial charge in [0.2, 0.25) is 0 Å². The predicted molar refractivity (Wildman–Crippen MR) is 39.9 cm³/mol. The summed E-state index contributed by atoms with van der Waals surface area (Å²) >= 11 is 0. The number of carbonyl (C=O) groups is 1. The first kappa shape index (κ1) is 9.04. The summed E-state index contributed by atoms with van der Waals surface area (Å²) in [4.78, 5) is 10.8. The van der Waals surface area contributed by atoms with Crippen LogP contribution in [-0.2, 0) is 17.3 Å². The van der Waals surface area contributed by atoms with Gasteiger partial charge in [-0.15, -0.1) is 5.10 Å². The van der Waals surface area contributed by atoms with Crippen molar-refractivity contribution in [3.8, 4) is 0 Å². The molecule has 1 unspecified atom stereocenters. The molecule has 7 heteroatoms.